The average molecular weight is 315 g/mol. The van der Waals surface area contributed by atoms with Gasteiger partial charge >= 0.3 is 12.2 Å². The van der Waals surface area contributed by atoms with Gasteiger partial charge in [-0.25, -0.2) is 4.79 Å². The summed E-state index contributed by atoms with van der Waals surface area (Å²) in [6.45, 7) is 3.26. The third-order valence-corrected chi connectivity index (χ3v) is 3.20. The number of rotatable bonds is 4. The number of nitrogens with zero attached hydrogens (tertiary/aromatic N) is 1. The summed E-state index contributed by atoms with van der Waals surface area (Å²) in [6, 6.07) is 3.34. The summed E-state index contributed by atoms with van der Waals surface area (Å²) in [5, 5.41) is 22.4. The molecule has 0 aliphatic heterocycles. The molecule has 1 rings (SSSR count). The number of amides is 2. The Bertz CT molecular complexity index is 582. The monoisotopic (exact) mass is 315 g/mol. The molecule has 1 aromatic carbocycles. The molecule has 0 radical (unpaired) electrons. The Morgan fingerprint density at radius 3 is 2.55 bits per heavy atom. The average Bonchev–Trinajstić information content (AvgIpc) is 2.45. The van der Waals surface area contributed by atoms with Crippen LogP contribution in [0.3, 0.4) is 0 Å². The number of carbonyl (C=O) groups excluding carboxylic acids is 1. The Morgan fingerprint density at radius 1 is 1.41 bits per heavy atom. The van der Waals surface area contributed by atoms with Crippen LogP contribution >= 0.6 is 0 Å². The minimum absolute atomic E-state index is 0.0762. The van der Waals surface area contributed by atoms with Crippen LogP contribution in [-0.4, -0.2) is 23.8 Å². The number of nitrogens with one attached hydrogen (secondary N) is 2. The van der Waals surface area contributed by atoms with Crippen molar-refractivity contribution in [1.82, 2.24) is 5.32 Å². The maximum Gasteiger partial charge on any atom is 0.417 e. The molecule has 0 saturated carbocycles. The highest BCUT2D eigenvalue weighted by molar-refractivity contribution is 5.89. The zero-order chi connectivity index (χ0) is 16.9. The molecule has 2 atom stereocenters. The second-order valence-corrected chi connectivity index (χ2v) is 4.92. The number of carbonyl (C=O) groups is 1. The van der Waals surface area contributed by atoms with Crippen LogP contribution in [0.25, 0.3) is 0 Å². The van der Waals surface area contributed by atoms with Crippen molar-refractivity contribution >= 4 is 11.7 Å². The quantitative estimate of drug-likeness (QED) is 0.798. The van der Waals surface area contributed by atoms with Gasteiger partial charge < -0.3 is 15.7 Å². The number of nitriles is 1. The maximum absolute atomic E-state index is 12.8. The van der Waals surface area contributed by atoms with E-state index in [1.807, 2.05) is 0 Å². The summed E-state index contributed by atoms with van der Waals surface area (Å²) in [5.74, 6) is -0.197. The van der Waals surface area contributed by atoms with Crippen LogP contribution < -0.4 is 10.6 Å². The molecule has 0 fully saturated rings. The lowest BCUT2D eigenvalue weighted by Crippen LogP contribution is -2.40. The van der Waals surface area contributed by atoms with Crippen molar-refractivity contribution in [3.05, 3.63) is 29.3 Å². The standard InChI is InChI=1S/C14H16F3N3O2/c1-8(7-21)9(2)19-13(22)20-11-4-3-10(6-18)12(5-11)14(15,16)17/h3-5,8-9,21H,7H2,1-2H3,(H2,19,20,22). The molecule has 8 heteroatoms. The molecule has 0 bridgehead atoms. The fraction of sp³-hybridized carbons (Fsp3) is 0.429. The van der Waals surface area contributed by atoms with Gasteiger partial charge in [0.2, 0.25) is 0 Å². The minimum atomic E-state index is -4.68. The lowest BCUT2D eigenvalue weighted by molar-refractivity contribution is -0.137. The van der Waals surface area contributed by atoms with E-state index in [-0.39, 0.29) is 24.3 Å². The SMILES string of the molecule is CC(CO)C(C)NC(=O)Nc1ccc(C#N)c(C(F)(F)F)c1. The third-order valence-electron chi connectivity index (χ3n) is 3.20. The first-order valence-electron chi connectivity index (χ1n) is 6.48. The number of aliphatic hydroxyl groups is 1. The Kier molecular flexibility index (Phi) is 5.77. The molecule has 0 aromatic heterocycles. The predicted molar refractivity (Wildman–Crippen MR) is 74.0 cm³/mol. The zero-order valence-electron chi connectivity index (χ0n) is 12.0. The smallest absolute Gasteiger partial charge is 0.396 e. The fourth-order valence-electron chi connectivity index (χ4n) is 1.63. The van der Waals surface area contributed by atoms with Crippen LogP contribution in [0.2, 0.25) is 0 Å². The number of halogens is 3. The maximum atomic E-state index is 12.8. The molecule has 1 aromatic rings. The van der Waals surface area contributed by atoms with Crippen LogP contribution in [0.5, 0.6) is 0 Å². The highest BCUT2D eigenvalue weighted by atomic mass is 19.4. The van der Waals surface area contributed by atoms with Gasteiger partial charge in [0.1, 0.15) is 0 Å². The van der Waals surface area contributed by atoms with E-state index in [1.54, 1.807) is 13.8 Å². The van der Waals surface area contributed by atoms with E-state index in [0.29, 0.717) is 6.07 Å². The van der Waals surface area contributed by atoms with Gasteiger partial charge in [-0.15, -0.1) is 0 Å². The van der Waals surface area contributed by atoms with Crippen LogP contribution in [-0.2, 0) is 6.18 Å². The van der Waals surface area contributed by atoms with E-state index in [9.17, 15) is 18.0 Å². The molecular weight excluding hydrogens is 299 g/mol. The zero-order valence-corrected chi connectivity index (χ0v) is 12.0. The Morgan fingerprint density at radius 2 is 2.05 bits per heavy atom. The number of aliphatic hydroxyl groups excluding tert-OH is 1. The summed E-state index contributed by atoms with van der Waals surface area (Å²) in [7, 11) is 0. The van der Waals surface area contributed by atoms with E-state index in [4.69, 9.17) is 10.4 Å². The van der Waals surface area contributed by atoms with Gasteiger partial charge in [-0.1, -0.05) is 6.92 Å². The lowest BCUT2D eigenvalue weighted by Gasteiger charge is -2.19. The van der Waals surface area contributed by atoms with Crippen molar-refractivity contribution in [1.29, 1.82) is 5.26 Å². The van der Waals surface area contributed by atoms with Crippen molar-refractivity contribution in [3.8, 4) is 6.07 Å². The van der Waals surface area contributed by atoms with Gasteiger partial charge in [0.05, 0.1) is 17.2 Å². The number of benzene rings is 1. The van der Waals surface area contributed by atoms with Crippen molar-refractivity contribution < 1.29 is 23.1 Å². The number of hydrogen-bond donors (Lipinski definition) is 3. The Balaban J connectivity index is 2.87. The van der Waals surface area contributed by atoms with Gasteiger partial charge in [-0.05, 0) is 31.0 Å². The van der Waals surface area contributed by atoms with Crippen molar-refractivity contribution in [2.45, 2.75) is 26.1 Å². The highest BCUT2D eigenvalue weighted by Crippen LogP contribution is 2.33. The second kappa shape index (κ2) is 7.13. The van der Waals surface area contributed by atoms with Crippen molar-refractivity contribution in [3.63, 3.8) is 0 Å². The number of hydrogen-bond acceptors (Lipinski definition) is 3. The molecular formula is C14H16F3N3O2. The molecule has 22 heavy (non-hydrogen) atoms. The van der Waals surface area contributed by atoms with E-state index < -0.39 is 23.3 Å². The van der Waals surface area contributed by atoms with Crippen LogP contribution in [0.4, 0.5) is 23.7 Å². The van der Waals surface area contributed by atoms with Crippen molar-refractivity contribution in [2.24, 2.45) is 5.92 Å². The predicted octanol–water partition coefficient (Wildman–Crippen LogP) is 2.72. The van der Waals surface area contributed by atoms with Gasteiger partial charge in [0.15, 0.2) is 0 Å². The minimum Gasteiger partial charge on any atom is -0.396 e. The molecule has 0 saturated heterocycles. The Labute approximate surface area is 125 Å². The third kappa shape index (κ3) is 4.63. The summed E-state index contributed by atoms with van der Waals surface area (Å²) >= 11 is 0. The first-order valence-corrected chi connectivity index (χ1v) is 6.48. The van der Waals surface area contributed by atoms with Crippen molar-refractivity contribution in [2.75, 3.05) is 11.9 Å². The molecule has 2 amide bonds. The van der Waals surface area contributed by atoms with Crippen LogP contribution in [0, 0.1) is 17.2 Å². The molecule has 120 valence electrons. The first kappa shape index (κ1) is 17.8. The molecule has 0 heterocycles. The van der Waals surface area contributed by atoms with Gasteiger partial charge in [0.25, 0.3) is 0 Å². The summed E-state index contributed by atoms with van der Waals surface area (Å²) in [4.78, 5) is 11.7. The molecule has 5 nitrogen and oxygen atoms in total. The topological polar surface area (TPSA) is 85.2 Å². The number of alkyl halides is 3. The molecule has 0 aliphatic rings. The van der Waals surface area contributed by atoms with Gasteiger partial charge in [0, 0.05) is 18.3 Å². The lowest BCUT2D eigenvalue weighted by atomic mass is 10.1. The fourth-order valence-corrected chi connectivity index (χ4v) is 1.63. The van der Waals surface area contributed by atoms with E-state index in [0.717, 1.165) is 6.07 Å². The molecule has 0 spiro atoms. The number of anilines is 1. The van der Waals surface area contributed by atoms with Gasteiger partial charge in [-0.2, -0.15) is 18.4 Å². The molecule has 3 N–H and O–H groups in total. The molecule has 2 unspecified atom stereocenters. The normalized spacial score (nSPS) is 13.9. The second-order valence-electron chi connectivity index (χ2n) is 4.92. The first-order chi connectivity index (χ1) is 10.2. The largest absolute Gasteiger partial charge is 0.417 e. The van der Waals surface area contributed by atoms with E-state index >= 15 is 0 Å². The van der Waals surface area contributed by atoms with Gasteiger partial charge in [-0.3, -0.25) is 0 Å². The highest BCUT2D eigenvalue weighted by Gasteiger charge is 2.34. The van der Waals surface area contributed by atoms with E-state index in [1.165, 1.54) is 12.1 Å². The van der Waals surface area contributed by atoms with Crippen LogP contribution in [0.15, 0.2) is 18.2 Å². The summed E-state index contributed by atoms with van der Waals surface area (Å²) < 4.78 is 38.4. The van der Waals surface area contributed by atoms with E-state index in [2.05, 4.69) is 10.6 Å². The summed E-state index contributed by atoms with van der Waals surface area (Å²) in [6.07, 6.45) is -4.68. The summed E-state index contributed by atoms with van der Waals surface area (Å²) in [5.41, 5.74) is -1.70. The molecule has 0 aliphatic carbocycles. The van der Waals surface area contributed by atoms with Crippen LogP contribution in [0.1, 0.15) is 25.0 Å². The Hall–Kier alpha value is -2.27. The number of urea groups is 1.